The molecule has 2 aromatic carbocycles. The number of aromatic nitrogens is 1. The molecular formula is C29H33F3N3NaO6. The van der Waals surface area contributed by atoms with Gasteiger partial charge < -0.3 is 35.0 Å². The number of hydrogen-bond donors (Lipinski definition) is 3. The molecule has 42 heavy (non-hydrogen) atoms. The van der Waals surface area contributed by atoms with Crippen molar-refractivity contribution in [2.24, 2.45) is 5.92 Å². The van der Waals surface area contributed by atoms with Gasteiger partial charge in [0.05, 0.1) is 12.0 Å². The molecule has 0 aliphatic carbocycles. The fourth-order valence-corrected chi connectivity index (χ4v) is 4.70. The number of methoxy groups -OCH3 is 1. The molecule has 1 aliphatic heterocycles. The Hall–Kier alpha value is -2.90. The normalized spacial score (nSPS) is 16.7. The van der Waals surface area contributed by atoms with Crippen LogP contribution in [0.15, 0.2) is 60.8 Å². The van der Waals surface area contributed by atoms with Crippen molar-refractivity contribution < 1.29 is 71.7 Å². The van der Waals surface area contributed by atoms with Crippen LogP contribution in [0.25, 0.3) is 10.9 Å². The molecule has 1 aliphatic rings. The van der Waals surface area contributed by atoms with E-state index in [0.29, 0.717) is 6.42 Å². The van der Waals surface area contributed by atoms with Gasteiger partial charge in [-0.1, -0.05) is 55.5 Å². The summed E-state index contributed by atoms with van der Waals surface area (Å²) >= 11 is 0. The molecule has 9 nitrogen and oxygen atoms in total. The number of benzene rings is 2. The number of ether oxygens (including phenoxy) is 2. The molecule has 0 radical (unpaired) electrons. The molecule has 1 aromatic heterocycles. The summed E-state index contributed by atoms with van der Waals surface area (Å²) in [5.41, 5.74) is 2.83. The quantitative estimate of drug-likeness (QED) is 0.214. The minimum absolute atomic E-state index is 0. The minimum atomic E-state index is -5.19. The molecule has 222 valence electrons. The zero-order chi connectivity index (χ0) is 30.0. The Morgan fingerprint density at radius 2 is 1.74 bits per heavy atom. The summed E-state index contributed by atoms with van der Waals surface area (Å²) in [6, 6.07) is 16.7. The number of esters is 1. The molecule has 0 unspecified atom stereocenters. The number of rotatable bonds is 10. The van der Waals surface area contributed by atoms with E-state index in [-0.39, 0.29) is 54.2 Å². The topological polar surface area (TPSA) is 133 Å². The van der Waals surface area contributed by atoms with Crippen LogP contribution in [0.4, 0.5) is 13.2 Å². The number of H-pyrrole nitrogens is 1. The van der Waals surface area contributed by atoms with Gasteiger partial charge in [-0.05, 0) is 36.6 Å². The Morgan fingerprint density at radius 1 is 1.10 bits per heavy atom. The van der Waals surface area contributed by atoms with Crippen molar-refractivity contribution in [1.82, 2.24) is 15.6 Å². The summed E-state index contributed by atoms with van der Waals surface area (Å²) in [5, 5.41) is 16.2. The van der Waals surface area contributed by atoms with E-state index < -0.39 is 30.1 Å². The second-order valence-electron chi connectivity index (χ2n) is 9.70. The molecule has 1 fully saturated rings. The number of carboxylic acids is 1. The van der Waals surface area contributed by atoms with Gasteiger partial charge in [0.25, 0.3) is 0 Å². The molecule has 0 bridgehead atoms. The Morgan fingerprint density at radius 3 is 2.33 bits per heavy atom. The maximum atomic E-state index is 13.2. The third-order valence-corrected chi connectivity index (χ3v) is 6.83. The first-order chi connectivity index (χ1) is 19.5. The van der Waals surface area contributed by atoms with Crippen LogP contribution < -0.4 is 45.3 Å². The van der Waals surface area contributed by atoms with E-state index in [2.05, 4.69) is 15.6 Å². The van der Waals surface area contributed by atoms with E-state index in [1.165, 1.54) is 0 Å². The fraction of sp³-hybridized carbons (Fsp3) is 0.414. The molecule has 3 N–H and O–H groups in total. The first-order valence-electron chi connectivity index (χ1n) is 13.1. The Labute approximate surface area is 263 Å². The number of fused-ring (bicyclic) bond motifs is 1. The average molecular weight is 600 g/mol. The first-order valence-corrected chi connectivity index (χ1v) is 13.1. The van der Waals surface area contributed by atoms with Gasteiger partial charge >= 0.3 is 41.7 Å². The summed E-state index contributed by atoms with van der Waals surface area (Å²) < 4.78 is 42.8. The second-order valence-corrected chi connectivity index (χ2v) is 9.70. The summed E-state index contributed by atoms with van der Waals surface area (Å²) in [4.78, 5) is 38.4. The van der Waals surface area contributed by atoms with Gasteiger partial charge in [-0.2, -0.15) is 13.2 Å². The van der Waals surface area contributed by atoms with E-state index in [9.17, 15) is 22.8 Å². The first kappa shape index (κ1) is 35.3. The molecule has 3 aromatic rings. The number of aliphatic carboxylic acids is 1. The van der Waals surface area contributed by atoms with Crippen LogP contribution in [0.1, 0.15) is 30.9 Å². The van der Waals surface area contributed by atoms with Crippen molar-refractivity contribution in [1.29, 1.82) is 0 Å². The number of carbonyl (C=O) groups is 3. The Balaban J connectivity index is 0.000000687. The molecular weight excluding hydrogens is 566 g/mol. The molecule has 1 amide bonds. The number of hydrogen-bond acceptors (Lipinski definition) is 7. The van der Waals surface area contributed by atoms with Crippen molar-refractivity contribution in [3.05, 3.63) is 71.9 Å². The number of aromatic amines is 1. The predicted octanol–water partition coefficient (Wildman–Crippen LogP) is -0.356. The number of halogens is 3. The van der Waals surface area contributed by atoms with Crippen LogP contribution in [-0.4, -0.2) is 60.8 Å². The average Bonchev–Trinajstić information content (AvgIpc) is 3.63. The summed E-state index contributed by atoms with van der Waals surface area (Å²) in [6.45, 7) is 2.93. The van der Waals surface area contributed by atoms with Gasteiger partial charge in [-0.25, -0.2) is 4.79 Å². The number of para-hydroxylation sites is 1. The standard InChI is InChI=1S/C27H33N3O4.C2HF3O2.Na/c1-18(25(33-2)23-13-8-14-28-23)26(31)30-24(27(32)34-17-19-9-4-3-5-10-19)15-20-16-29-22-12-7-6-11-21(20)22;3-2(4,5)1(6)7;/h3-7,9-12,16,18,23-25,28-29H,8,13-15,17H2,1-2H3,(H,30,31);(H,6,7);/q;;+1/p-1/t18-,23+,24+,25-;;/m1../s1. The van der Waals surface area contributed by atoms with E-state index in [0.717, 1.165) is 41.4 Å². The number of carbonyl (C=O) groups excluding carboxylic acids is 3. The molecule has 0 spiro atoms. The van der Waals surface area contributed by atoms with Gasteiger partial charge in [-0.3, -0.25) is 4.79 Å². The molecule has 2 heterocycles. The van der Waals surface area contributed by atoms with Crippen LogP contribution >= 0.6 is 0 Å². The van der Waals surface area contributed by atoms with Crippen molar-refractivity contribution in [2.75, 3.05) is 13.7 Å². The minimum Gasteiger partial charge on any atom is -0.542 e. The second kappa shape index (κ2) is 16.7. The number of alkyl halides is 3. The number of carboxylic acid groups (broad SMARTS) is 1. The summed E-state index contributed by atoms with van der Waals surface area (Å²) in [6.07, 6.45) is -1.22. The van der Waals surface area contributed by atoms with Crippen LogP contribution in [-0.2, 0) is 36.9 Å². The van der Waals surface area contributed by atoms with Crippen LogP contribution in [0.2, 0.25) is 0 Å². The monoisotopic (exact) mass is 599 g/mol. The van der Waals surface area contributed by atoms with Crippen molar-refractivity contribution in [2.45, 2.75) is 57.2 Å². The van der Waals surface area contributed by atoms with Gasteiger partial charge in [0.2, 0.25) is 5.91 Å². The van der Waals surface area contributed by atoms with E-state index in [1.54, 1.807) is 7.11 Å². The van der Waals surface area contributed by atoms with Crippen molar-refractivity contribution in [3.8, 4) is 0 Å². The number of amides is 1. The van der Waals surface area contributed by atoms with Crippen LogP contribution in [0.3, 0.4) is 0 Å². The van der Waals surface area contributed by atoms with Gasteiger partial charge in [0.15, 0.2) is 0 Å². The molecule has 13 heteroatoms. The fourth-order valence-electron chi connectivity index (χ4n) is 4.70. The van der Waals surface area contributed by atoms with Gasteiger partial charge in [0.1, 0.15) is 18.6 Å². The van der Waals surface area contributed by atoms with E-state index >= 15 is 0 Å². The smallest absolute Gasteiger partial charge is 0.542 e. The number of nitrogens with one attached hydrogen (secondary N) is 3. The third-order valence-electron chi connectivity index (χ3n) is 6.83. The van der Waals surface area contributed by atoms with Crippen molar-refractivity contribution in [3.63, 3.8) is 0 Å². The molecule has 4 rings (SSSR count). The SMILES string of the molecule is CO[C@@H]([C@@H]1CCCN1)[C@@H](C)C(=O)N[C@@H](Cc1c[nH]c2ccccc12)C(=O)OCc1ccccc1.O=C([O-])C(F)(F)F.[Na+]. The molecule has 0 saturated carbocycles. The zero-order valence-corrected chi connectivity index (χ0v) is 25.7. The maximum absolute atomic E-state index is 13.2. The summed E-state index contributed by atoms with van der Waals surface area (Å²) in [5.74, 6) is -4.11. The van der Waals surface area contributed by atoms with E-state index in [1.807, 2.05) is 67.7 Å². The largest absolute Gasteiger partial charge is 1.00 e. The van der Waals surface area contributed by atoms with Crippen LogP contribution in [0, 0.1) is 5.92 Å². The van der Waals surface area contributed by atoms with Crippen LogP contribution in [0.5, 0.6) is 0 Å². The summed E-state index contributed by atoms with van der Waals surface area (Å²) in [7, 11) is 1.63. The zero-order valence-electron chi connectivity index (χ0n) is 23.7. The third kappa shape index (κ3) is 10.1. The predicted molar refractivity (Wildman–Crippen MR) is 142 cm³/mol. The Kier molecular flexibility index (Phi) is 14.0. The maximum Gasteiger partial charge on any atom is 1.00 e. The van der Waals surface area contributed by atoms with E-state index in [4.69, 9.17) is 19.4 Å². The van der Waals surface area contributed by atoms with Gasteiger partial charge in [-0.15, -0.1) is 0 Å². The van der Waals surface area contributed by atoms with Gasteiger partial charge in [0, 0.05) is 36.7 Å². The molecule has 1 saturated heterocycles. The Bertz CT molecular complexity index is 1300. The van der Waals surface area contributed by atoms with Crippen molar-refractivity contribution >= 4 is 28.7 Å². The molecule has 4 atom stereocenters.